The van der Waals surface area contributed by atoms with Crippen LogP contribution in [-0.4, -0.2) is 0 Å². The molecular weight excluding hydrogens is 384 g/mol. The van der Waals surface area contributed by atoms with E-state index in [0.717, 1.165) is 5.56 Å². The Balaban J connectivity index is 1.89. The zero-order valence-corrected chi connectivity index (χ0v) is 15.6. The van der Waals surface area contributed by atoms with Crippen molar-refractivity contribution in [3.05, 3.63) is 99.3 Å². The van der Waals surface area contributed by atoms with Gasteiger partial charge in [-0.1, -0.05) is 65.7 Å². The molecule has 0 heterocycles. The second-order valence-corrected chi connectivity index (χ2v) is 6.56. The molecule has 0 aliphatic heterocycles. The van der Waals surface area contributed by atoms with Gasteiger partial charge in [0.05, 0.1) is 11.6 Å². The second kappa shape index (κ2) is 8.73. The van der Waals surface area contributed by atoms with Crippen LogP contribution in [0.5, 0.6) is 5.75 Å². The molecule has 0 radical (unpaired) electrons. The van der Waals surface area contributed by atoms with Crippen LogP contribution in [0, 0.1) is 17.1 Å². The van der Waals surface area contributed by atoms with Gasteiger partial charge >= 0.3 is 0 Å². The molecule has 0 aromatic heterocycles. The first kappa shape index (κ1) is 19.0. The summed E-state index contributed by atoms with van der Waals surface area (Å²) in [7, 11) is 0. The van der Waals surface area contributed by atoms with Crippen LogP contribution in [0.1, 0.15) is 16.7 Å². The smallest absolute Gasteiger partial charge is 0.131 e. The van der Waals surface area contributed by atoms with Crippen LogP contribution in [0.4, 0.5) is 4.39 Å². The molecule has 0 saturated carbocycles. The van der Waals surface area contributed by atoms with E-state index in [1.165, 1.54) is 6.07 Å². The summed E-state index contributed by atoms with van der Waals surface area (Å²) in [6.45, 7) is 0.239. The van der Waals surface area contributed by atoms with Crippen molar-refractivity contribution in [2.24, 2.45) is 0 Å². The summed E-state index contributed by atoms with van der Waals surface area (Å²) < 4.78 is 19.9. The van der Waals surface area contributed by atoms with Crippen LogP contribution in [0.15, 0.2) is 66.7 Å². The van der Waals surface area contributed by atoms with Crippen molar-refractivity contribution >= 4 is 34.9 Å². The van der Waals surface area contributed by atoms with Crippen molar-refractivity contribution in [3.63, 3.8) is 0 Å². The molecule has 134 valence electrons. The highest BCUT2D eigenvalue weighted by Crippen LogP contribution is 2.28. The van der Waals surface area contributed by atoms with E-state index in [9.17, 15) is 9.65 Å². The van der Waals surface area contributed by atoms with Gasteiger partial charge in [0.1, 0.15) is 18.2 Å². The Bertz CT molecular complexity index is 1040. The van der Waals surface area contributed by atoms with Gasteiger partial charge in [-0.15, -0.1) is 0 Å². The molecule has 5 heteroatoms. The molecule has 0 bridgehead atoms. The number of nitriles is 1. The summed E-state index contributed by atoms with van der Waals surface area (Å²) in [6.07, 6.45) is 1.61. The number of benzene rings is 3. The SMILES string of the molecule is N#CC(=Cc1ccccc1OCc1ccc(Cl)cc1Cl)c1ccccc1F. The minimum Gasteiger partial charge on any atom is -0.488 e. The predicted molar refractivity (Wildman–Crippen MR) is 107 cm³/mol. The molecule has 0 unspecified atom stereocenters. The van der Waals surface area contributed by atoms with Crippen molar-refractivity contribution in [3.8, 4) is 11.8 Å². The molecule has 0 fully saturated rings. The van der Waals surface area contributed by atoms with E-state index in [2.05, 4.69) is 6.07 Å². The van der Waals surface area contributed by atoms with Gasteiger partial charge in [-0.25, -0.2) is 4.39 Å². The predicted octanol–water partition coefficient (Wildman–Crippen LogP) is 6.78. The molecule has 0 saturated heterocycles. The Labute approximate surface area is 167 Å². The molecule has 0 aliphatic carbocycles. The Morgan fingerprint density at radius 1 is 1.04 bits per heavy atom. The van der Waals surface area contributed by atoms with E-state index < -0.39 is 5.82 Å². The lowest BCUT2D eigenvalue weighted by Crippen LogP contribution is -1.98. The molecule has 0 atom stereocenters. The number of halogens is 3. The molecule has 0 amide bonds. The fourth-order valence-corrected chi connectivity index (χ4v) is 2.99. The zero-order chi connectivity index (χ0) is 19.2. The summed E-state index contributed by atoms with van der Waals surface area (Å²) >= 11 is 12.1. The van der Waals surface area contributed by atoms with E-state index in [1.807, 2.05) is 12.1 Å². The Hall–Kier alpha value is -2.80. The number of hydrogen-bond donors (Lipinski definition) is 0. The highest BCUT2D eigenvalue weighted by atomic mass is 35.5. The van der Waals surface area contributed by atoms with Gasteiger partial charge < -0.3 is 4.74 Å². The summed E-state index contributed by atoms with van der Waals surface area (Å²) in [5, 5.41) is 10.5. The van der Waals surface area contributed by atoms with E-state index in [4.69, 9.17) is 27.9 Å². The quantitative estimate of drug-likeness (QED) is 0.351. The largest absolute Gasteiger partial charge is 0.488 e. The van der Waals surface area contributed by atoms with Gasteiger partial charge in [0.25, 0.3) is 0 Å². The molecule has 0 N–H and O–H groups in total. The summed E-state index contributed by atoms with van der Waals surface area (Å²) in [4.78, 5) is 0. The van der Waals surface area contributed by atoms with Gasteiger partial charge in [-0.3, -0.25) is 0 Å². The van der Waals surface area contributed by atoms with Crippen molar-refractivity contribution in [2.45, 2.75) is 6.61 Å². The highest BCUT2D eigenvalue weighted by Gasteiger charge is 2.10. The Morgan fingerprint density at radius 2 is 1.78 bits per heavy atom. The third-order valence-electron chi connectivity index (χ3n) is 3.90. The first-order chi connectivity index (χ1) is 13.1. The van der Waals surface area contributed by atoms with Gasteiger partial charge in [-0.2, -0.15) is 5.26 Å². The molecule has 3 aromatic rings. The van der Waals surface area contributed by atoms with E-state index in [-0.39, 0.29) is 17.7 Å². The summed E-state index contributed by atoms with van der Waals surface area (Å²) in [6, 6.07) is 20.6. The van der Waals surface area contributed by atoms with Gasteiger partial charge in [-0.05, 0) is 30.3 Å². The van der Waals surface area contributed by atoms with Crippen LogP contribution in [0.2, 0.25) is 10.0 Å². The van der Waals surface area contributed by atoms with E-state index in [0.29, 0.717) is 21.4 Å². The lowest BCUT2D eigenvalue weighted by molar-refractivity contribution is 0.305. The maximum atomic E-state index is 14.0. The first-order valence-corrected chi connectivity index (χ1v) is 8.86. The molecule has 3 aromatic carbocycles. The molecule has 3 rings (SSSR count). The molecular formula is C22H14Cl2FNO. The molecule has 0 spiro atoms. The summed E-state index contributed by atoms with van der Waals surface area (Å²) in [5.74, 6) is 0.115. The Morgan fingerprint density at radius 3 is 2.52 bits per heavy atom. The van der Waals surface area contributed by atoms with Crippen molar-refractivity contribution in [1.82, 2.24) is 0 Å². The van der Waals surface area contributed by atoms with Crippen LogP contribution >= 0.6 is 23.2 Å². The molecule has 2 nitrogen and oxygen atoms in total. The number of rotatable bonds is 5. The van der Waals surface area contributed by atoms with Crippen molar-refractivity contribution in [2.75, 3.05) is 0 Å². The van der Waals surface area contributed by atoms with Crippen molar-refractivity contribution < 1.29 is 9.13 Å². The van der Waals surface area contributed by atoms with Crippen LogP contribution < -0.4 is 4.74 Å². The number of hydrogen-bond acceptors (Lipinski definition) is 2. The summed E-state index contributed by atoms with van der Waals surface area (Å²) in [5.41, 5.74) is 1.92. The third kappa shape index (κ3) is 4.68. The van der Waals surface area contributed by atoms with E-state index >= 15 is 0 Å². The Kier molecular flexibility index (Phi) is 6.13. The van der Waals surface area contributed by atoms with Crippen LogP contribution in [-0.2, 0) is 6.61 Å². The van der Waals surface area contributed by atoms with Gasteiger partial charge in [0.2, 0.25) is 0 Å². The standard InChI is InChI=1S/C22H14Cl2FNO/c23-18-10-9-16(20(24)12-18)14-27-22-8-4-1-5-15(22)11-17(13-26)19-6-2-3-7-21(19)25/h1-12H,14H2. The van der Waals surface area contributed by atoms with Gasteiger partial charge in [0.15, 0.2) is 0 Å². The molecule has 0 aliphatic rings. The van der Waals surface area contributed by atoms with Crippen LogP contribution in [0.3, 0.4) is 0 Å². The number of nitrogens with zero attached hydrogens (tertiary/aromatic N) is 1. The second-order valence-electron chi connectivity index (χ2n) is 5.71. The number of allylic oxidation sites excluding steroid dienone is 1. The zero-order valence-electron chi connectivity index (χ0n) is 14.1. The first-order valence-electron chi connectivity index (χ1n) is 8.11. The fraction of sp³-hybridized carbons (Fsp3) is 0.0455. The van der Waals surface area contributed by atoms with Gasteiger partial charge in [0, 0.05) is 26.7 Å². The van der Waals surface area contributed by atoms with Crippen LogP contribution in [0.25, 0.3) is 11.6 Å². The maximum absolute atomic E-state index is 14.0. The lowest BCUT2D eigenvalue weighted by Gasteiger charge is -2.11. The fourth-order valence-electron chi connectivity index (χ4n) is 2.53. The highest BCUT2D eigenvalue weighted by molar-refractivity contribution is 6.35. The molecule has 27 heavy (non-hydrogen) atoms. The number of para-hydroxylation sites is 1. The average Bonchev–Trinajstić information content (AvgIpc) is 2.67. The maximum Gasteiger partial charge on any atom is 0.131 e. The van der Waals surface area contributed by atoms with Crippen molar-refractivity contribution in [1.29, 1.82) is 5.26 Å². The monoisotopic (exact) mass is 397 g/mol. The third-order valence-corrected chi connectivity index (χ3v) is 4.49. The normalized spacial score (nSPS) is 11.1. The minimum absolute atomic E-state index is 0.216. The topological polar surface area (TPSA) is 33.0 Å². The average molecular weight is 398 g/mol. The van der Waals surface area contributed by atoms with E-state index in [1.54, 1.807) is 54.6 Å². The lowest BCUT2D eigenvalue weighted by atomic mass is 10.0. The number of ether oxygens (including phenoxy) is 1. The minimum atomic E-state index is -0.448.